The van der Waals surface area contributed by atoms with Crippen molar-refractivity contribution in [3.63, 3.8) is 0 Å². The van der Waals surface area contributed by atoms with Crippen molar-refractivity contribution in [3.05, 3.63) is 12.2 Å². The lowest BCUT2D eigenvalue weighted by atomic mass is 9.77. The first kappa shape index (κ1) is 14.5. The van der Waals surface area contributed by atoms with E-state index in [2.05, 4.69) is 36.2 Å². The molecule has 1 aliphatic rings. The lowest BCUT2D eigenvalue weighted by Gasteiger charge is -2.32. The summed E-state index contributed by atoms with van der Waals surface area (Å²) < 4.78 is 2.04. The molecule has 2 atom stereocenters. The molecule has 0 radical (unpaired) electrons. The van der Waals surface area contributed by atoms with E-state index in [-0.39, 0.29) is 0 Å². The minimum Gasteiger partial charge on any atom is -0.314 e. The molecule has 1 saturated carbocycles. The van der Waals surface area contributed by atoms with Gasteiger partial charge in [0.25, 0.3) is 0 Å². The minimum atomic E-state index is 0.585. The van der Waals surface area contributed by atoms with Crippen LogP contribution in [0.5, 0.6) is 0 Å². The molecule has 2 unspecified atom stereocenters. The predicted molar refractivity (Wildman–Crippen MR) is 78.0 cm³/mol. The second-order valence-corrected chi connectivity index (χ2v) is 6.06. The molecule has 4 nitrogen and oxygen atoms in total. The molecule has 2 rings (SSSR count). The van der Waals surface area contributed by atoms with Gasteiger partial charge in [-0.3, -0.25) is 4.68 Å². The molecule has 1 N–H and O–H groups in total. The minimum absolute atomic E-state index is 0.585. The van der Waals surface area contributed by atoms with Crippen LogP contribution in [-0.4, -0.2) is 27.4 Å². The highest BCUT2D eigenvalue weighted by Crippen LogP contribution is 2.31. The first-order chi connectivity index (χ1) is 9.20. The number of rotatable bonds is 6. The Balaban J connectivity index is 1.95. The maximum atomic E-state index is 4.44. The normalized spacial score (nSPS) is 24.0. The molecule has 0 spiro atoms. The summed E-state index contributed by atoms with van der Waals surface area (Å²) in [6.45, 7) is 8.67. The number of nitrogens with zero attached hydrogens (tertiary/aromatic N) is 3. The van der Waals surface area contributed by atoms with Crippen LogP contribution in [0, 0.1) is 11.8 Å². The first-order valence-electron chi connectivity index (χ1n) is 7.80. The Morgan fingerprint density at radius 3 is 2.74 bits per heavy atom. The molecule has 0 amide bonds. The molecule has 0 aliphatic heterocycles. The second kappa shape index (κ2) is 7.04. The molecule has 1 aromatic rings. The summed E-state index contributed by atoms with van der Waals surface area (Å²) in [7, 11) is 0. The van der Waals surface area contributed by atoms with Crippen LogP contribution in [-0.2, 0) is 13.0 Å². The maximum absolute atomic E-state index is 4.44. The van der Waals surface area contributed by atoms with Gasteiger partial charge in [-0.25, -0.2) is 4.98 Å². The van der Waals surface area contributed by atoms with Gasteiger partial charge in [-0.1, -0.05) is 26.7 Å². The summed E-state index contributed by atoms with van der Waals surface area (Å²) in [6.07, 6.45) is 8.28. The third-order valence-corrected chi connectivity index (χ3v) is 4.29. The summed E-state index contributed by atoms with van der Waals surface area (Å²) in [4.78, 5) is 4.44. The Hall–Kier alpha value is -0.900. The van der Waals surface area contributed by atoms with Crippen LogP contribution in [0.4, 0.5) is 0 Å². The summed E-state index contributed by atoms with van der Waals surface area (Å²) in [5.74, 6) is 2.75. The zero-order valence-corrected chi connectivity index (χ0v) is 12.6. The lowest BCUT2D eigenvalue weighted by molar-refractivity contribution is 0.220. The van der Waals surface area contributed by atoms with E-state index in [1.54, 1.807) is 6.33 Å². The number of aromatic nitrogens is 3. The predicted octanol–water partition coefficient (Wildman–Crippen LogP) is 2.64. The third kappa shape index (κ3) is 4.03. The summed E-state index contributed by atoms with van der Waals surface area (Å²) in [5.41, 5.74) is 0. The van der Waals surface area contributed by atoms with Gasteiger partial charge in [0, 0.05) is 19.0 Å². The molecular weight excluding hydrogens is 236 g/mol. The van der Waals surface area contributed by atoms with Crippen LogP contribution >= 0.6 is 0 Å². The monoisotopic (exact) mass is 264 g/mol. The highest BCUT2D eigenvalue weighted by molar-refractivity contribution is 4.91. The summed E-state index contributed by atoms with van der Waals surface area (Å²) in [5, 5.41) is 7.90. The Labute approximate surface area is 117 Å². The topological polar surface area (TPSA) is 42.7 Å². The molecule has 0 saturated heterocycles. The van der Waals surface area contributed by atoms with Crippen molar-refractivity contribution in [2.45, 2.75) is 65.5 Å². The van der Waals surface area contributed by atoms with Gasteiger partial charge in [-0.05, 0) is 38.1 Å². The van der Waals surface area contributed by atoms with Gasteiger partial charge < -0.3 is 5.32 Å². The van der Waals surface area contributed by atoms with Gasteiger partial charge >= 0.3 is 0 Å². The average Bonchev–Trinajstić information content (AvgIpc) is 2.85. The van der Waals surface area contributed by atoms with Crippen LogP contribution < -0.4 is 5.32 Å². The van der Waals surface area contributed by atoms with Gasteiger partial charge in [-0.2, -0.15) is 5.10 Å². The number of nitrogens with one attached hydrogen (secondary N) is 1. The SMILES string of the molecule is CCn1ncnc1CC1CCCCC1CNC(C)C. The zero-order valence-electron chi connectivity index (χ0n) is 12.6. The smallest absolute Gasteiger partial charge is 0.138 e. The van der Waals surface area contributed by atoms with E-state index >= 15 is 0 Å². The van der Waals surface area contributed by atoms with Crippen molar-refractivity contribution in [2.24, 2.45) is 11.8 Å². The standard InChI is InChI=1S/C15H28N4/c1-4-19-15(17-11-18-19)9-13-7-5-6-8-14(13)10-16-12(2)3/h11-14,16H,4-10H2,1-3H3. The Morgan fingerprint density at radius 1 is 1.32 bits per heavy atom. The molecule has 1 heterocycles. The van der Waals surface area contributed by atoms with Crippen molar-refractivity contribution in [3.8, 4) is 0 Å². The average molecular weight is 264 g/mol. The van der Waals surface area contributed by atoms with Crippen molar-refractivity contribution in [1.82, 2.24) is 20.1 Å². The number of hydrogen-bond donors (Lipinski definition) is 1. The van der Waals surface area contributed by atoms with Gasteiger partial charge in [0.1, 0.15) is 12.2 Å². The van der Waals surface area contributed by atoms with E-state index in [0.29, 0.717) is 6.04 Å². The fraction of sp³-hybridized carbons (Fsp3) is 0.867. The van der Waals surface area contributed by atoms with Crippen molar-refractivity contribution < 1.29 is 0 Å². The van der Waals surface area contributed by atoms with Gasteiger partial charge in [0.05, 0.1) is 0 Å². The van der Waals surface area contributed by atoms with E-state index in [9.17, 15) is 0 Å². The molecule has 108 valence electrons. The van der Waals surface area contributed by atoms with E-state index < -0.39 is 0 Å². The first-order valence-corrected chi connectivity index (χ1v) is 7.80. The molecule has 0 aromatic carbocycles. The molecule has 0 bridgehead atoms. The van der Waals surface area contributed by atoms with E-state index in [1.165, 1.54) is 31.5 Å². The molecule has 1 fully saturated rings. The number of hydrogen-bond acceptors (Lipinski definition) is 3. The number of aryl methyl sites for hydroxylation is 1. The molecule has 4 heteroatoms. The lowest BCUT2D eigenvalue weighted by Crippen LogP contribution is -2.35. The fourth-order valence-corrected chi connectivity index (χ4v) is 3.15. The summed E-state index contributed by atoms with van der Waals surface area (Å²) >= 11 is 0. The highest BCUT2D eigenvalue weighted by atomic mass is 15.3. The zero-order chi connectivity index (χ0) is 13.7. The van der Waals surface area contributed by atoms with E-state index in [1.807, 2.05) is 4.68 Å². The fourth-order valence-electron chi connectivity index (χ4n) is 3.15. The van der Waals surface area contributed by atoms with E-state index in [0.717, 1.165) is 31.3 Å². The second-order valence-electron chi connectivity index (χ2n) is 6.06. The van der Waals surface area contributed by atoms with Crippen molar-refractivity contribution in [2.75, 3.05) is 6.54 Å². The van der Waals surface area contributed by atoms with Crippen molar-refractivity contribution in [1.29, 1.82) is 0 Å². The third-order valence-electron chi connectivity index (χ3n) is 4.29. The van der Waals surface area contributed by atoms with E-state index in [4.69, 9.17) is 0 Å². The van der Waals surface area contributed by atoms with Gasteiger partial charge in [-0.15, -0.1) is 0 Å². The largest absolute Gasteiger partial charge is 0.314 e. The Kier molecular flexibility index (Phi) is 5.37. The van der Waals surface area contributed by atoms with Crippen LogP contribution in [0.2, 0.25) is 0 Å². The Bertz CT molecular complexity index is 372. The Morgan fingerprint density at radius 2 is 2.05 bits per heavy atom. The molecule has 19 heavy (non-hydrogen) atoms. The van der Waals surface area contributed by atoms with Crippen LogP contribution in [0.15, 0.2) is 6.33 Å². The van der Waals surface area contributed by atoms with Crippen LogP contribution in [0.1, 0.15) is 52.3 Å². The van der Waals surface area contributed by atoms with Crippen molar-refractivity contribution >= 4 is 0 Å². The summed E-state index contributed by atoms with van der Waals surface area (Å²) in [6, 6.07) is 0.585. The highest BCUT2D eigenvalue weighted by Gasteiger charge is 2.26. The van der Waals surface area contributed by atoms with Crippen LogP contribution in [0.25, 0.3) is 0 Å². The molecular formula is C15H28N4. The molecule has 1 aliphatic carbocycles. The van der Waals surface area contributed by atoms with Gasteiger partial charge in [0.15, 0.2) is 0 Å². The maximum Gasteiger partial charge on any atom is 0.138 e. The van der Waals surface area contributed by atoms with Gasteiger partial charge in [0.2, 0.25) is 0 Å². The molecule has 1 aromatic heterocycles. The van der Waals surface area contributed by atoms with Crippen LogP contribution in [0.3, 0.4) is 0 Å². The quantitative estimate of drug-likeness (QED) is 0.859.